The normalized spacial score (nSPS) is 10.4. The molecule has 0 unspecified atom stereocenters. The van der Waals surface area contributed by atoms with Crippen molar-refractivity contribution in [1.82, 2.24) is 20.2 Å². The minimum Gasteiger partial charge on any atom is -0.480 e. The smallest absolute Gasteiger partial charge is 0.319 e. The highest BCUT2D eigenvalue weighted by molar-refractivity contribution is 5.71. The minimum absolute atomic E-state index is 0.282. The van der Waals surface area contributed by atoms with E-state index < -0.39 is 0 Å². The first-order chi connectivity index (χ1) is 10.3. The zero-order valence-electron chi connectivity index (χ0n) is 11.7. The maximum absolute atomic E-state index is 5.30. The van der Waals surface area contributed by atoms with Crippen molar-refractivity contribution in [2.75, 3.05) is 14.2 Å². The lowest BCUT2D eigenvalue weighted by atomic mass is 10.0. The summed E-state index contributed by atoms with van der Waals surface area (Å²) >= 11 is 0. The van der Waals surface area contributed by atoms with Crippen LogP contribution in [0.15, 0.2) is 42.7 Å². The average Bonchev–Trinajstić information content (AvgIpc) is 3.09. The molecule has 1 N–H and O–H groups in total. The van der Waals surface area contributed by atoms with Gasteiger partial charge in [-0.1, -0.05) is 24.3 Å². The number of hydrogen-bond donors (Lipinski definition) is 1. The molecule has 0 atom stereocenters. The van der Waals surface area contributed by atoms with Gasteiger partial charge in [0.2, 0.25) is 5.88 Å². The summed E-state index contributed by atoms with van der Waals surface area (Å²) < 4.78 is 10.3. The molecule has 3 aromatic rings. The molecular formula is C15H14N4O2. The third-order valence-electron chi connectivity index (χ3n) is 3.12. The van der Waals surface area contributed by atoms with Crippen LogP contribution in [0.25, 0.3) is 22.4 Å². The fourth-order valence-corrected chi connectivity index (χ4v) is 2.05. The maximum Gasteiger partial charge on any atom is 0.319 e. The molecule has 0 bridgehead atoms. The first kappa shape index (κ1) is 13.1. The number of hydrogen-bond acceptors (Lipinski definition) is 5. The number of aromatic nitrogens is 4. The zero-order valence-corrected chi connectivity index (χ0v) is 11.7. The van der Waals surface area contributed by atoms with Gasteiger partial charge in [-0.25, -0.2) is 4.98 Å². The highest BCUT2D eigenvalue weighted by Crippen LogP contribution is 2.30. The molecule has 0 saturated heterocycles. The van der Waals surface area contributed by atoms with Gasteiger partial charge in [0.1, 0.15) is 0 Å². The number of benzene rings is 1. The number of methoxy groups -OCH3 is 2. The molecule has 0 aliphatic heterocycles. The van der Waals surface area contributed by atoms with Crippen LogP contribution in [0.4, 0.5) is 0 Å². The first-order valence-electron chi connectivity index (χ1n) is 6.37. The van der Waals surface area contributed by atoms with Crippen LogP contribution in [0.1, 0.15) is 0 Å². The summed E-state index contributed by atoms with van der Waals surface area (Å²) in [5, 5.41) is 6.88. The van der Waals surface area contributed by atoms with Gasteiger partial charge in [0.25, 0.3) is 0 Å². The van der Waals surface area contributed by atoms with Gasteiger partial charge in [-0.2, -0.15) is 10.1 Å². The monoisotopic (exact) mass is 282 g/mol. The van der Waals surface area contributed by atoms with E-state index in [0.717, 1.165) is 22.4 Å². The maximum atomic E-state index is 5.30. The van der Waals surface area contributed by atoms with E-state index in [1.54, 1.807) is 19.5 Å². The Morgan fingerprint density at radius 2 is 1.71 bits per heavy atom. The van der Waals surface area contributed by atoms with Crippen LogP contribution in [0, 0.1) is 0 Å². The minimum atomic E-state index is 0.282. The van der Waals surface area contributed by atoms with Crippen molar-refractivity contribution < 1.29 is 9.47 Å². The largest absolute Gasteiger partial charge is 0.480 e. The van der Waals surface area contributed by atoms with Crippen molar-refractivity contribution in [3.8, 4) is 34.3 Å². The molecular weight excluding hydrogens is 268 g/mol. The average molecular weight is 282 g/mol. The lowest BCUT2D eigenvalue weighted by Crippen LogP contribution is -1.97. The predicted molar refractivity (Wildman–Crippen MR) is 78.2 cm³/mol. The van der Waals surface area contributed by atoms with Gasteiger partial charge in [0, 0.05) is 12.4 Å². The lowest BCUT2D eigenvalue weighted by Gasteiger charge is -2.08. The summed E-state index contributed by atoms with van der Waals surface area (Å²) in [5.74, 6) is 0.483. The molecule has 0 aliphatic carbocycles. The quantitative estimate of drug-likeness (QED) is 0.796. The Kier molecular flexibility index (Phi) is 3.51. The molecule has 0 aliphatic rings. The summed E-state index contributed by atoms with van der Waals surface area (Å²) in [6.45, 7) is 0. The van der Waals surface area contributed by atoms with Gasteiger partial charge in [0.15, 0.2) is 0 Å². The third kappa shape index (κ3) is 2.55. The van der Waals surface area contributed by atoms with Crippen molar-refractivity contribution in [1.29, 1.82) is 0 Å². The molecule has 6 nitrogen and oxygen atoms in total. The molecule has 0 saturated carbocycles. The van der Waals surface area contributed by atoms with Crippen molar-refractivity contribution in [2.24, 2.45) is 0 Å². The topological polar surface area (TPSA) is 72.9 Å². The van der Waals surface area contributed by atoms with Crippen molar-refractivity contribution in [2.45, 2.75) is 0 Å². The Balaban J connectivity index is 1.97. The molecule has 0 radical (unpaired) electrons. The van der Waals surface area contributed by atoms with Crippen LogP contribution < -0.4 is 9.47 Å². The summed E-state index contributed by atoms with van der Waals surface area (Å²) in [6.07, 6.45) is 3.42. The number of H-pyrrole nitrogens is 1. The van der Waals surface area contributed by atoms with E-state index in [-0.39, 0.29) is 6.01 Å². The van der Waals surface area contributed by atoms with E-state index in [2.05, 4.69) is 20.2 Å². The van der Waals surface area contributed by atoms with Gasteiger partial charge in [-0.15, -0.1) is 0 Å². The highest BCUT2D eigenvalue weighted by atomic mass is 16.5. The Morgan fingerprint density at radius 1 is 0.952 bits per heavy atom. The molecule has 106 valence electrons. The fraction of sp³-hybridized carbons (Fsp3) is 0.133. The van der Waals surface area contributed by atoms with Crippen LogP contribution in [-0.4, -0.2) is 34.4 Å². The van der Waals surface area contributed by atoms with Crippen molar-refractivity contribution >= 4 is 0 Å². The molecule has 2 aromatic heterocycles. The second-order valence-electron chi connectivity index (χ2n) is 4.33. The highest BCUT2D eigenvalue weighted by Gasteiger charge is 2.10. The van der Waals surface area contributed by atoms with Gasteiger partial charge in [-0.05, 0) is 17.2 Å². The Morgan fingerprint density at radius 3 is 2.33 bits per heavy atom. The number of aromatic amines is 1. The standard InChI is InChI=1S/C15H14N4O2/c1-20-14-12(9-16-15(18-14)21-2)10-3-5-11(6-4-10)13-7-8-17-19-13/h3-9H,1-2H3,(H,17,19). The van der Waals surface area contributed by atoms with Gasteiger partial charge >= 0.3 is 6.01 Å². The molecule has 2 heterocycles. The Bertz CT molecular complexity index is 724. The van der Waals surface area contributed by atoms with E-state index in [4.69, 9.17) is 9.47 Å². The zero-order chi connectivity index (χ0) is 14.7. The Labute approximate surface area is 121 Å². The van der Waals surface area contributed by atoms with Gasteiger partial charge < -0.3 is 9.47 Å². The second-order valence-corrected chi connectivity index (χ2v) is 4.33. The fourth-order valence-electron chi connectivity index (χ4n) is 2.05. The third-order valence-corrected chi connectivity index (χ3v) is 3.12. The number of ether oxygens (including phenoxy) is 2. The molecule has 0 amide bonds. The van der Waals surface area contributed by atoms with Crippen LogP contribution in [0.2, 0.25) is 0 Å². The molecule has 6 heteroatoms. The predicted octanol–water partition coefficient (Wildman–Crippen LogP) is 2.55. The van der Waals surface area contributed by atoms with E-state index in [1.807, 2.05) is 30.3 Å². The van der Waals surface area contributed by atoms with E-state index >= 15 is 0 Å². The van der Waals surface area contributed by atoms with Crippen LogP contribution >= 0.6 is 0 Å². The summed E-state index contributed by atoms with van der Waals surface area (Å²) in [6, 6.07) is 10.2. The first-order valence-corrected chi connectivity index (χ1v) is 6.37. The van der Waals surface area contributed by atoms with Crippen molar-refractivity contribution in [3.63, 3.8) is 0 Å². The molecule has 21 heavy (non-hydrogen) atoms. The van der Waals surface area contributed by atoms with Crippen LogP contribution in [0.3, 0.4) is 0 Å². The summed E-state index contributed by atoms with van der Waals surface area (Å²) in [5.41, 5.74) is 3.82. The molecule has 1 aromatic carbocycles. The lowest BCUT2D eigenvalue weighted by molar-refractivity contribution is 0.353. The number of nitrogens with zero attached hydrogens (tertiary/aromatic N) is 3. The van der Waals surface area contributed by atoms with Gasteiger partial charge in [-0.3, -0.25) is 5.10 Å². The summed E-state index contributed by atoms with van der Waals surface area (Å²) in [7, 11) is 3.10. The van der Waals surface area contributed by atoms with Crippen molar-refractivity contribution in [3.05, 3.63) is 42.7 Å². The number of nitrogens with one attached hydrogen (secondary N) is 1. The molecule has 0 spiro atoms. The van der Waals surface area contributed by atoms with Crippen LogP contribution in [0.5, 0.6) is 11.9 Å². The van der Waals surface area contributed by atoms with Gasteiger partial charge in [0.05, 0.1) is 25.5 Å². The van der Waals surface area contributed by atoms with E-state index in [9.17, 15) is 0 Å². The van der Waals surface area contributed by atoms with E-state index in [0.29, 0.717) is 5.88 Å². The molecule has 0 fully saturated rings. The summed E-state index contributed by atoms with van der Waals surface area (Å²) in [4.78, 5) is 8.31. The molecule has 3 rings (SSSR count). The second kappa shape index (κ2) is 5.62. The SMILES string of the molecule is COc1ncc(-c2ccc(-c3ccn[nH]3)cc2)c(OC)n1. The number of rotatable bonds is 4. The van der Waals surface area contributed by atoms with E-state index in [1.165, 1.54) is 7.11 Å². The van der Waals surface area contributed by atoms with Crippen LogP contribution in [-0.2, 0) is 0 Å². The Hall–Kier alpha value is -2.89.